The Hall–Kier alpha value is -5.05. The highest BCUT2D eigenvalue weighted by Gasteiger charge is 2.08. The Morgan fingerprint density at radius 3 is 2.33 bits per heavy atom. The number of ether oxygens (including phenoxy) is 1. The van der Waals surface area contributed by atoms with Crippen LogP contribution in [0.15, 0.2) is 78.2 Å². The van der Waals surface area contributed by atoms with Crippen LogP contribution in [-0.4, -0.2) is 46.0 Å². The number of pyridine rings is 1. The van der Waals surface area contributed by atoms with E-state index in [0.717, 1.165) is 0 Å². The van der Waals surface area contributed by atoms with Crippen molar-refractivity contribution in [2.24, 2.45) is 5.10 Å². The molecule has 3 rings (SSSR count). The normalized spacial score (nSPS) is 11.5. The maximum Gasteiger partial charge on any atom is 0.271 e. The van der Waals surface area contributed by atoms with E-state index in [-0.39, 0.29) is 40.7 Å². The smallest absolute Gasteiger partial charge is 0.271 e. The van der Waals surface area contributed by atoms with E-state index in [1.807, 2.05) is 0 Å². The summed E-state index contributed by atoms with van der Waals surface area (Å²) in [6.45, 7) is 0. The standard InChI is InChI=1S/C27H23N3O6/c1-36-26-15-19(5-9-25(26)34)2-6-22(29-30-27(35)20-10-12-28-13-11-20)16-23(32)7-3-18-4-8-24(33)21(14-18)17-31/h2-15,17,33-34H,16H2,1H3,(H,30,35)/b6-2+,7-3+,29-22+. The van der Waals surface area contributed by atoms with Crippen molar-refractivity contribution in [2.75, 3.05) is 7.11 Å². The molecule has 0 spiro atoms. The molecule has 0 unspecified atom stereocenters. The largest absolute Gasteiger partial charge is 0.507 e. The molecule has 0 fully saturated rings. The molecule has 0 aliphatic carbocycles. The molecule has 2 aromatic carbocycles. The molecule has 1 heterocycles. The van der Waals surface area contributed by atoms with Crippen molar-refractivity contribution >= 4 is 35.8 Å². The number of phenolic OH excluding ortho intramolecular Hbond substituents is 2. The number of hydrazone groups is 1. The van der Waals surface area contributed by atoms with Crippen LogP contribution in [0.25, 0.3) is 12.2 Å². The lowest BCUT2D eigenvalue weighted by Gasteiger charge is -2.05. The molecule has 0 atom stereocenters. The number of hydrogen-bond donors (Lipinski definition) is 3. The molecule has 9 heteroatoms. The van der Waals surface area contributed by atoms with Crippen LogP contribution in [0.3, 0.4) is 0 Å². The number of phenols is 2. The minimum Gasteiger partial charge on any atom is -0.507 e. The second-order valence-electron chi connectivity index (χ2n) is 7.46. The van der Waals surface area contributed by atoms with Gasteiger partial charge in [0.05, 0.1) is 24.8 Å². The van der Waals surface area contributed by atoms with E-state index < -0.39 is 5.91 Å². The minimum atomic E-state index is -0.469. The number of methoxy groups -OCH3 is 1. The van der Waals surface area contributed by atoms with Gasteiger partial charge in [-0.15, -0.1) is 0 Å². The molecule has 0 aliphatic heterocycles. The molecule has 0 saturated carbocycles. The van der Waals surface area contributed by atoms with E-state index in [4.69, 9.17) is 4.74 Å². The van der Waals surface area contributed by atoms with Gasteiger partial charge in [-0.3, -0.25) is 19.4 Å². The zero-order chi connectivity index (χ0) is 25.9. The molecule has 1 amide bonds. The fourth-order valence-electron chi connectivity index (χ4n) is 3.01. The number of nitrogens with one attached hydrogen (secondary N) is 1. The van der Waals surface area contributed by atoms with Gasteiger partial charge in [-0.1, -0.05) is 24.3 Å². The molecule has 9 nitrogen and oxygen atoms in total. The number of hydrogen-bond acceptors (Lipinski definition) is 8. The summed E-state index contributed by atoms with van der Waals surface area (Å²) in [6, 6.07) is 12.2. The highest BCUT2D eigenvalue weighted by molar-refractivity contribution is 6.13. The van der Waals surface area contributed by atoms with Crippen LogP contribution in [0.4, 0.5) is 0 Å². The van der Waals surface area contributed by atoms with E-state index in [0.29, 0.717) is 23.0 Å². The first kappa shape index (κ1) is 25.6. The van der Waals surface area contributed by atoms with Crippen molar-refractivity contribution in [1.29, 1.82) is 0 Å². The Morgan fingerprint density at radius 2 is 1.64 bits per heavy atom. The molecular weight excluding hydrogens is 462 g/mol. The van der Waals surface area contributed by atoms with Crippen molar-refractivity contribution < 1.29 is 29.3 Å². The lowest BCUT2D eigenvalue weighted by atomic mass is 10.1. The summed E-state index contributed by atoms with van der Waals surface area (Å²) in [6.07, 6.45) is 9.39. The number of rotatable bonds is 10. The van der Waals surface area contributed by atoms with Crippen molar-refractivity contribution in [3.05, 3.63) is 95.3 Å². The number of aromatic hydroxyl groups is 2. The van der Waals surface area contributed by atoms with Gasteiger partial charge in [-0.05, 0) is 59.7 Å². The van der Waals surface area contributed by atoms with Gasteiger partial charge in [0.25, 0.3) is 5.91 Å². The van der Waals surface area contributed by atoms with Gasteiger partial charge in [0.1, 0.15) is 5.75 Å². The summed E-state index contributed by atoms with van der Waals surface area (Å²) >= 11 is 0. The number of ketones is 1. The van der Waals surface area contributed by atoms with E-state index >= 15 is 0 Å². The predicted octanol–water partition coefficient (Wildman–Crippen LogP) is 3.79. The van der Waals surface area contributed by atoms with Crippen molar-refractivity contribution in [3.8, 4) is 17.2 Å². The zero-order valence-corrected chi connectivity index (χ0v) is 19.3. The number of nitrogens with zero attached hydrogens (tertiary/aromatic N) is 2. The van der Waals surface area contributed by atoms with Crippen LogP contribution in [0.1, 0.15) is 38.3 Å². The second kappa shape index (κ2) is 12.4. The van der Waals surface area contributed by atoms with Crippen molar-refractivity contribution in [3.63, 3.8) is 0 Å². The number of carbonyl (C=O) groups excluding carboxylic acids is 3. The van der Waals surface area contributed by atoms with Gasteiger partial charge in [0.15, 0.2) is 23.6 Å². The summed E-state index contributed by atoms with van der Waals surface area (Å²) in [5.41, 5.74) is 4.38. The number of amides is 1. The molecular formula is C27H23N3O6. The molecule has 3 N–H and O–H groups in total. The van der Waals surface area contributed by atoms with Crippen LogP contribution in [0, 0.1) is 0 Å². The van der Waals surface area contributed by atoms with Gasteiger partial charge in [0, 0.05) is 18.0 Å². The fourth-order valence-corrected chi connectivity index (χ4v) is 3.01. The Balaban J connectivity index is 1.80. The molecule has 3 aromatic rings. The predicted molar refractivity (Wildman–Crippen MR) is 135 cm³/mol. The Bertz CT molecular complexity index is 1350. The Labute approximate surface area is 207 Å². The number of benzene rings is 2. The van der Waals surface area contributed by atoms with E-state index in [2.05, 4.69) is 15.5 Å². The highest BCUT2D eigenvalue weighted by atomic mass is 16.5. The molecule has 0 bridgehead atoms. The molecule has 1 aromatic heterocycles. The van der Waals surface area contributed by atoms with Gasteiger partial charge in [-0.2, -0.15) is 5.10 Å². The van der Waals surface area contributed by atoms with E-state index in [1.165, 1.54) is 62.0 Å². The number of aldehydes is 1. The molecule has 0 radical (unpaired) electrons. The molecule has 0 aliphatic rings. The second-order valence-corrected chi connectivity index (χ2v) is 7.46. The van der Waals surface area contributed by atoms with E-state index in [9.17, 15) is 24.6 Å². The number of aromatic nitrogens is 1. The van der Waals surface area contributed by atoms with Crippen LogP contribution in [-0.2, 0) is 4.79 Å². The van der Waals surface area contributed by atoms with E-state index in [1.54, 1.807) is 30.4 Å². The van der Waals surface area contributed by atoms with Gasteiger partial charge in [-0.25, -0.2) is 5.43 Å². The summed E-state index contributed by atoms with van der Waals surface area (Å²) in [4.78, 5) is 39.9. The average molecular weight is 485 g/mol. The van der Waals surface area contributed by atoms with Crippen LogP contribution in [0.5, 0.6) is 17.2 Å². The lowest BCUT2D eigenvalue weighted by Crippen LogP contribution is -2.20. The Kier molecular flexibility index (Phi) is 8.82. The van der Waals surface area contributed by atoms with Crippen LogP contribution < -0.4 is 10.2 Å². The highest BCUT2D eigenvalue weighted by Crippen LogP contribution is 2.26. The third-order valence-electron chi connectivity index (χ3n) is 4.91. The Morgan fingerprint density at radius 1 is 0.972 bits per heavy atom. The number of allylic oxidation sites excluding steroid dienone is 2. The maximum atomic E-state index is 12.6. The van der Waals surface area contributed by atoms with Crippen molar-refractivity contribution in [1.82, 2.24) is 10.4 Å². The molecule has 36 heavy (non-hydrogen) atoms. The summed E-state index contributed by atoms with van der Waals surface area (Å²) in [5, 5.41) is 23.5. The van der Waals surface area contributed by atoms with Gasteiger partial charge in [0.2, 0.25) is 0 Å². The quantitative estimate of drug-likeness (QED) is 0.172. The third kappa shape index (κ3) is 7.22. The third-order valence-corrected chi connectivity index (χ3v) is 4.91. The zero-order valence-electron chi connectivity index (χ0n) is 19.3. The number of carbonyl (C=O) groups is 3. The molecule has 182 valence electrons. The summed E-state index contributed by atoms with van der Waals surface area (Å²) < 4.78 is 5.11. The van der Waals surface area contributed by atoms with Crippen LogP contribution >= 0.6 is 0 Å². The first-order valence-corrected chi connectivity index (χ1v) is 10.7. The first-order valence-electron chi connectivity index (χ1n) is 10.7. The molecule has 0 saturated heterocycles. The van der Waals surface area contributed by atoms with Gasteiger partial charge < -0.3 is 14.9 Å². The average Bonchev–Trinajstić information content (AvgIpc) is 2.90. The lowest BCUT2D eigenvalue weighted by molar-refractivity contribution is -0.113. The summed E-state index contributed by atoms with van der Waals surface area (Å²) in [5.74, 6) is -0.669. The first-order chi connectivity index (χ1) is 17.4. The topological polar surface area (TPSA) is 138 Å². The minimum absolute atomic E-state index is 0.0135. The van der Waals surface area contributed by atoms with Crippen molar-refractivity contribution in [2.45, 2.75) is 6.42 Å². The summed E-state index contributed by atoms with van der Waals surface area (Å²) in [7, 11) is 1.43. The maximum absolute atomic E-state index is 12.6. The SMILES string of the molecule is COc1cc(/C=C/C(CC(=O)/C=C/c2ccc(O)c(C=O)c2)=N\NC(=O)c2ccncc2)ccc1O. The fraction of sp³-hybridized carbons (Fsp3) is 0.0741. The van der Waals surface area contributed by atoms with Crippen LogP contribution in [0.2, 0.25) is 0 Å². The monoisotopic (exact) mass is 485 g/mol. The van der Waals surface area contributed by atoms with Gasteiger partial charge >= 0.3 is 0 Å².